The van der Waals surface area contributed by atoms with Crippen molar-refractivity contribution in [2.45, 2.75) is 13.8 Å². The molecule has 2 rings (SSSR count). The van der Waals surface area contributed by atoms with Crippen LogP contribution in [0.4, 0.5) is 4.79 Å². The van der Waals surface area contributed by atoms with Gasteiger partial charge in [-0.05, 0) is 18.1 Å². The highest BCUT2D eigenvalue weighted by Gasteiger charge is 2.41. The first-order valence-electron chi connectivity index (χ1n) is 5.91. The largest absolute Gasteiger partial charge is 0.464 e. The second-order valence-electron chi connectivity index (χ2n) is 4.73. The van der Waals surface area contributed by atoms with Gasteiger partial charge in [-0.15, -0.1) is 0 Å². The minimum Gasteiger partial charge on any atom is -0.464 e. The number of nitrogens with zero attached hydrogens (tertiary/aromatic N) is 2. The van der Waals surface area contributed by atoms with E-state index in [4.69, 9.17) is 0 Å². The monoisotopic (exact) mass is 262 g/mol. The van der Waals surface area contributed by atoms with Gasteiger partial charge in [-0.3, -0.25) is 9.59 Å². The van der Waals surface area contributed by atoms with Crippen LogP contribution in [0, 0.1) is 5.92 Å². The predicted molar refractivity (Wildman–Crippen MR) is 66.5 cm³/mol. The van der Waals surface area contributed by atoms with E-state index in [1.54, 1.807) is 12.1 Å². The van der Waals surface area contributed by atoms with Crippen molar-refractivity contribution in [1.82, 2.24) is 10.0 Å². The lowest BCUT2D eigenvalue weighted by Crippen LogP contribution is -2.50. The van der Waals surface area contributed by atoms with Crippen molar-refractivity contribution in [2.24, 2.45) is 5.92 Å². The zero-order valence-corrected chi connectivity index (χ0v) is 10.7. The van der Waals surface area contributed by atoms with Crippen LogP contribution in [-0.4, -0.2) is 39.6 Å². The molecule has 0 unspecified atom stereocenters. The van der Waals surface area contributed by atoms with Crippen LogP contribution in [0.3, 0.4) is 0 Å². The summed E-state index contributed by atoms with van der Waals surface area (Å²) in [6.45, 7) is 3.71. The van der Waals surface area contributed by atoms with Crippen molar-refractivity contribution in [1.29, 1.82) is 0 Å². The maximum Gasteiger partial charge on any atom is 0.426 e. The van der Waals surface area contributed by atoms with E-state index in [1.807, 2.05) is 13.8 Å². The number of carboxylic acid groups (broad SMARTS) is 1. The molecule has 0 atom stereocenters. The fourth-order valence-electron chi connectivity index (χ4n) is 1.99. The number of hydrogen-bond acceptors (Lipinski definition) is 3. The highest BCUT2D eigenvalue weighted by atomic mass is 16.4. The van der Waals surface area contributed by atoms with Crippen LogP contribution in [0.25, 0.3) is 0 Å². The molecule has 1 aromatic carbocycles. The summed E-state index contributed by atoms with van der Waals surface area (Å²) in [6.07, 6.45) is -1.32. The number of imide groups is 1. The molecular weight excluding hydrogens is 248 g/mol. The third kappa shape index (κ3) is 2.16. The van der Waals surface area contributed by atoms with Gasteiger partial charge in [0.2, 0.25) is 0 Å². The Labute approximate surface area is 110 Å². The van der Waals surface area contributed by atoms with Crippen LogP contribution < -0.4 is 0 Å². The molecule has 100 valence electrons. The van der Waals surface area contributed by atoms with Gasteiger partial charge in [-0.25, -0.2) is 9.80 Å². The molecule has 19 heavy (non-hydrogen) atoms. The SMILES string of the molecule is CC(C)CN(C(=O)O)N1C(=O)c2ccccc2C1=O. The fourth-order valence-corrected chi connectivity index (χ4v) is 1.99. The molecule has 0 saturated carbocycles. The van der Waals surface area contributed by atoms with E-state index >= 15 is 0 Å². The van der Waals surface area contributed by atoms with Crippen molar-refractivity contribution in [2.75, 3.05) is 6.54 Å². The normalized spacial score (nSPS) is 13.9. The van der Waals surface area contributed by atoms with Gasteiger partial charge in [0, 0.05) is 6.54 Å². The summed E-state index contributed by atoms with van der Waals surface area (Å²) >= 11 is 0. The van der Waals surface area contributed by atoms with E-state index in [0.717, 1.165) is 5.01 Å². The molecule has 0 aromatic heterocycles. The highest BCUT2D eigenvalue weighted by molar-refractivity contribution is 6.21. The van der Waals surface area contributed by atoms with Crippen LogP contribution in [0.5, 0.6) is 0 Å². The molecule has 1 heterocycles. The predicted octanol–water partition coefficient (Wildman–Crippen LogP) is 1.83. The average molecular weight is 262 g/mol. The number of carbonyl (C=O) groups is 3. The van der Waals surface area contributed by atoms with E-state index in [0.29, 0.717) is 5.01 Å². The van der Waals surface area contributed by atoms with Crippen LogP contribution in [0.2, 0.25) is 0 Å². The topological polar surface area (TPSA) is 77.9 Å². The Balaban J connectivity index is 2.39. The maximum atomic E-state index is 12.1. The number of hydrogen-bond donors (Lipinski definition) is 1. The van der Waals surface area contributed by atoms with Crippen molar-refractivity contribution >= 4 is 17.9 Å². The Morgan fingerprint density at radius 3 is 2.05 bits per heavy atom. The average Bonchev–Trinajstić information content (AvgIpc) is 2.60. The second-order valence-corrected chi connectivity index (χ2v) is 4.73. The van der Waals surface area contributed by atoms with E-state index in [2.05, 4.69) is 0 Å². The molecule has 0 fully saturated rings. The smallest absolute Gasteiger partial charge is 0.426 e. The third-order valence-electron chi connectivity index (χ3n) is 2.77. The van der Waals surface area contributed by atoms with Crippen LogP contribution >= 0.6 is 0 Å². The number of rotatable bonds is 3. The fraction of sp³-hybridized carbons (Fsp3) is 0.308. The zero-order chi connectivity index (χ0) is 14.2. The summed E-state index contributed by atoms with van der Waals surface area (Å²) in [6, 6.07) is 6.32. The Morgan fingerprint density at radius 1 is 1.21 bits per heavy atom. The third-order valence-corrected chi connectivity index (χ3v) is 2.77. The van der Waals surface area contributed by atoms with E-state index in [-0.39, 0.29) is 23.6 Å². The number of carbonyl (C=O) groups excluding carboxylic acids is 2. The van der Waals surface area contributed by atoms with Gasteiger partial charge < -0.3 is 5.11 Å². The maximum absolute atomic E-state index is 12.1. The number of hydrazine groups is 1. The number of benzene rings is 1. The highest BCUT2D eigenvalue weighted by Crippen LogP contribution is 2.24. The molecule has 1 aromatic rings. The van der Waals surface area contributed by atoms with Gasteiger partial charge in [-0.1, -0.05) is 26.0 Å². The lowest BCUT2D eigenvalue weighted by Gasteiger charge is -2.28. The quantitative estimate of drug-likeness (QED) is 0.843. The summed E-state index contributed by atoms with van der Waals surface area (Å²) < 4.78 is 0. The lowest BCUT2D eigenvalue weighted by atomic mass is 10.1. The summed E-state index contributed by atoms with van der Waals surface area (Å²) in [4.78, 5) is 35.5. The molecule has 1 N–H and O–H groups in total. The zero-order valence-electron chi connectivity index (χ0n) is 10.7. The van der Waals surface area contributed by atoms with Gasteiger partial charge in [0.05, 0.1) is 11.1 Å². The van der Waals surface area contributed by atoms with Crippen LogP contribution in [0.15, 0.2) is 24.3 Å². The van der Waals surface area contributed by atoms with Gasteiger partial charge in [0.1, 0.15) is 0 Å². The van der Waals surface area contributed by atoms with Gasteiger partial charge in [0.15, 0.2) is 0 Å². The molecule has 0 spiro atoms. The van der Waals surface area contributed by atoms with Crippen molar-refractivity contribution in [3.63, 3.8) is 0 Å². The Bertz CT molecular complexity index is 518. The molecular formula is C13H14N2O4. The number of fused-ring (bicyclic) bond motifs is 1. The van der Waals surface area contributed by atoms with Crippen molar-refractivity contribution in [3.8, 4) is 0 Å². The molecule has 3 amide bonds. The molecule has 1 aliphatic rings. The van der Waals surface area contributed by atoms with E-state index < -0.39 is 17.9 Å². The molecule has 0 saturated heterocycles. The second kappa shape index (κ2) is 4.72. The lowest BCUT2D eigenvalue weighted by molar-refractivity contribution is 0.00253. The summed E-state index contributed by atoms with van der Waals surface area (Å²) in [5.74, 6) is -1.19. The Hall–Kier alpha value is -2.37. The molecule has 6 heteroatoms. The van der Waals surface area contributed by atoms with E-state index in [1.165, 1.54) is 12.1 Å². The summed E-state index contributed by atoms with van der Waals surface area (Å²) in [5, 5.41) is 10.7. The first-order valence-corrected chi connectivity index (χ1v) is 5.91. The van der Waals surface area contributed by atoms with Crippen molar-refractivity contribution < 1.29 is 19.5 Å². The minimum atomic E-state index is -1.32. The van der Waals surface area contributed by atoms with Crippen LogP contribution in [0.1, 0.15) is 34.6 Å². The van der Waals surface area contributed by atoms with Gasteiger partial charge in [0.25, 0.3) is 11.8 Å². The summed E-state index contributed by atoms with van der Waals surface area (Å²) in [5.41, 5.74) is 0.477. The standard InChI is InChI=1S/C13H14N2O4/c1-8(2)7-14(13(18)19)15-11(16)9-5-3-4-6-10(9)12(15)17/h3-6,8H,7H2,1-2H3,(H,18,19). The van der Waals surface area contributed by atoms with Gasteiger partial charge >= 0.3 is 6.09 Å². The van der Waals surface area contributed by atoms with E-state index in [9.17, 15) is 19.5 Å². The van der Waals surface area contributed by atoms with Crippen LogP contribution in [-0.2, 0) is 0 Å². The Kier molecular flexibility index (Phi) is 3.25. The first-order chi connectivity index (χ1) is 8.93. The summed E-state index contributed by atoms with van der Waals surface area (Å²) in [7, 11) is 0. The molecule has 1 aliphatic heterocycles. The molecule has 0 aliphatic carbocycles. The Morgan fingerprint density at radius 2 is 1.68 bits per heavy atom. The molecule has 0 radical (unpaired) electrons. The molecule has 6 nitrogen and oxygen atoms in total. The minimum absolute atomic E-state index is 0.000382. The first kappa shape index (κ1) is 13.1. The van der Waals surface area contributed by atoms with Crippen molar-refractivity contribution in [3.05, 3.63) is 35.4 Å². The molecule has 0 bridgehead atoms. The number of amides is 3. The van der Waals surface area contributed by atoms with Gasteiger partial charge in [-0.2, -0.15) is 5.01 Å².